The van der Waals surface area contributed by atoms with Crippen molar-refractivity contribution in [3.63, 3.8) is 0 Å². The van der Waals surface area contributed by atoms with Crippen LogP contribution in [0, 0.1) is 13.8 Å². The maximum Gasteiger partial charge on any atom is 0.242 e. The molecule has 0 N–H and O–H groups in total. The number of rotatable bonds is 7. The van der Waals surface area contributed by atoms with E-state index in [2.05, 4.69) is 17.1 Å². The summed E-state index contributed by atoms with van der Waals surface area (Å²) in [6, 6.07) is 12.2. The number of aryl methyl sites for hydroxylation is 2. The van der Waals surface area contributed by atoms with Gasteiger partial charge in [0.2, 0.25) is 5.91 Å². The Morgan fingerprint density at radius 3 is 2.46 bits per heavy atom. The fourth-order valence-corrected chi connectivity index (χ4v) is 4.58. The number of benzene rings is 2. The molecule has 0 aliphatic heterocycles. The van der Waals surface area contributed by atoms with Crippen LogP contribution in [0.3, 0.4) is 0 Å². The first-order valence-electron chi connectivity index (χ1n) is 9.41. The molecule has 1 heterocycles. The van der Waals surface area contributed by atoms with Gasteiger partial charge < -0.3 is 4.74 Å². The molecule has 2 aromatic carbocycles. The summed E-state index contributed by atoms with van der Waals surface area (Å²) in [5.74, 6) is 0.987. The summed E-state index contributed by atoms with van der Waals surface area (Å²) in [5.41, 5.74) is 4.34. The first kappa shape index (κ1) is 20.3. The van der Waals surface area contributed by atoms with Crippen molar-refractivity contribution in [1.29, 1.82) is 0 Å². The number of anilines is 1. The number of thiazole rings is 1. The number of fused-ring (bicyclic) bond motifs is 1. The third kappa shape index (κ3) is 4.34. The number of aromatic nitrogens is 1. The number of hydrogen-bond acceptors (Lipinski definition) is 5. The predicted octanol–water partition coefficient (Wildman–Crippen LogP) is 4.41. The number of nitrogens with zero attached hydrogens (tertiary/aromatic N) is 3. The van der Waals surface area contributed by atoms with E-state index in [4.69, 9.17) is 4.74 Å². The van der Waals surface area contributed by atoms with Crippen molar-refractivity contribution < 1.29 is 9.53 Å². The van der Waals surface area contributed by atoms with Crippen molar-refractivity contribution in [3.05, 3.63) is 53.1 Å². The van der Waals surface area contributed by atoms with Gasteiger partial charge in [-0.3, -0.25) is 14.6 Å². The summed E-state index contributed by atoms with van der Waals surface area (Å²) < 4.78 is 6.54. The van der Waals surface area contributed by atoms with Crippen LogP contribution in [0.1, 0.15) is 23.6 Å². The molecule has 148 valence electrons. The van der Waals surface area contributed by atoms with Gasteiger partial charge in [-0.25, -0.2) is 4.98 Å². The van der Waals surface area contributed by atoms with E-state index in [0.717, 1.165) is 32.2 Å². The van der Waals surface area contributed by atoms with Gasteiger partial charge in [0.05, 0.1) is 23.9 Å². The predicted molar refractivity (Wildman–Crippen MR) is 116 cm³/mol. The summed E-state index contributed by atoms with van der Waals surface area (Å²) in [5, 5.41) is 0.762. The molecule has 3 rings (SSSR count). The Morgan fingerprint density at radius 2 is 1.86 bits per heavy atom. The molecule has 0 unspecified atom stereocenters. The SMILES string of the molecule is CCN(C(=O)CN(C)Cc1cc(C)c(OC)c(C)c1)c1nc2ccccc2s1. The number of para-hydroxylation sites is 1. The molecule has 6 heteroatoms. The minimum absolute atomic E-state index is 0.0611. The highest BCUT2D eigenvalue weighted by atomic mass is 32.1. The van der Waals surface area contributed by atoms with E-state index in [1.54, 1.807) is 23.3 Å². The molecule has 0 atom stereocenters. The molecule has 0 bridgehead atoms. The fraction of sp³-hybridized carbons (Fsp3) is 0.364. The van der Waals surface area contributed by atoms with E-state index in [0.29, 0.717) is 19.6 Å². The molecule has 0 saturated heterocycles. The highest BCUT2D eigenvalue weighted by Gasteiger charge is 2.19. The third-order valence-corrected chi connectivity index (χ3v) is 5.77. The van der Waals surface area contributed by atoms with Crippen molar-refractivity contribution in [2.24, 2.45) is 0 Å². The number of carbonyl (C=O) groups excluding carboxylic acids is 1. The molecule has 0 radical (unpaired) electrons. The van der Waals surface area contributed by atoms with Crippen LogP contribution < -0.4 is 9.64 Å². The van der Waals surface area contributed by atoms with Gasteiger partial charge in [0, 0.05) is 13.1 Å². The van der Waals surface area contributed by atoms with Gasteiger partial charge in [0.15, 0.2) is 5.13 Å². The van der Waals surface area contributed by atoms with Gasteiger partial charge in [-0.05, 0) is 56.6 Å². The van der Waals surface area contributed by atoms with Crippen LogP contribution in [0.4, 0.5) is 5.13 Å². The topological polar surface area (TPSA) is 45.7 Å². The van der Waals surface area contributed by atoms with Crippen LogP contribution in [-0.2, 0) is 11.3 Å². The van der Waals surface area contributed by atoms with Gasteiger partial charge in [0.1, 0.15) is 5.75 Å². The molecule has 3 aromatic rings. The minimum Gasteiger partial charge on any atom is -0.496 e. The Bertz CT molecular complexity index is 927. The number of ether oxygens (including phenoxy) is 1. The lowest BCUT2D eigenvalue weighted by molar-refractivity contribution is -0.119. The lowest BCUT2D eigenvalue weighted by Crippen LogP contribution is -2.38. The number of amides is 1. The Balaban J connectivity index is 1.70. The van der Waals surface area contributed by atoms with E-state index >= 15 is 0 Å². The van der Waals surface area contributed by atoms with Crippen LogP contribution in [0.2, 0.25) is 0 Å². The standard InChI is InChI=1S/C22H27N3O2S/c1-6-25(22-23-18-9-7-8-10-19(18)28-22)20(26)14-24(4)13-17-11-15(2)21(27-5)16(3)12-17/h7-12H,6,13-14H2,1-5H3. The summed E-state index contributed by atoms with van der Waals surface area (Å²) in [6.45, 7) is 7.73. The Kier molecular flexibility index (Phi) is 6.31. The van der Waals surface area contributed by atoms with E-state index < -0.39 is 0 Å². The maximum atomic E-state index is 12.9. The largest absolute Gasteiger partial charge is 0.496 e. The van der Waals surface area contributed by atoms with Crippen LogP contribution >= 0.6 is 11.3 Å². The average molecular weight is 398 g/mol. The summed E-state index contributed by atoms with van der Waals surface area (Å²) >= 11 is 1.56. The number of likely N-dealkylation sites (N-methyl/N-ethyl adjacent to an activating group) is 2. The quantitative estimate of drug-likeness (QED) is 0.593. The van der Waals surface area contributed by atoms with Crippen LogP contribution in [0.5, 0.6) is 5.75 Å². The first-order valence-corrected chi connectivity index (χ1v) is 10.2. The van der Waals surface area contributed by atoms with Crippen molar-refractivity contribution >= 4 is 32.6 Å². The summed E-state index contributed by atoms with van der Waals surface area (Å²) in [4.78, 5) is 21.4. The molecule has 0 saturated carbocycles. The lowest BCUT2D eigenvalue weighted by atomic mass is 10.1. The molecule has 0 aliphatic rings. The zero-order valence-corrected chi connectivity index (χ0v) is 18.0. The van der Waals surface area contributed by atoms with Crippen molar-refractivity contribution in [1.82, 2.24) is 9.88 Å². The second-order valence-electron chi connectivity index (χ2n) is 7.04. The van der Waals surface area contributed by atoms with Crippen LogP contribution in [0.25, 0.3) is 10.2 Å². The minimum atomic E-state index is 0.0611. The Morgan fingerprint density at radius 1 is 1.18 bits per heavy atom. The molecule has 28 heavy (non-hydrogen) atoms. The molecule has 1 aromatic heterocycles. The third-order valence-electron chi connectivity index (χ3n) is 4.71. The fourth-order valence-electron chi connectivity index (χ4n) is 3.53. The first-order chi connectivity index (χ1) is 13.4. The molecular weight excluding hydrogens is 370 g/mol. The highest BCUT2D eigenvalue weighted by molar-refractivity contribution is 7.22. The van der Waals surface area contributed by atoms with E-state index in [1.807, 2.05) is 57.0 Å². The number of carbonyl (C=O) groups is 1. The molecule has 5 nitrogen and oxygen atoms in total. The Hall–Kier alpha value is -2.44. The second-order valence-corrected chi connectivity index (χ2v) is 8.05. The zero-order valence-electron chi connectivity index (χ0n) is 17.2. The van der Waals surface area contributed by atoms with Gasteiger partial charge in [-0.2, -0.15) is 0 Å². The molecular formula is C22H27N3O2S. The monoisotopic (exact) mass is 397 g/mol. The number of hydrogen-bond donors (Lipinski definition) is 0. The van der Waals surface area contributed by atoms with Gasteiger partial charge in [0.25, 0.3) is 0 Å². The maximum absolute atomic E-state index is 12.9. The van der Waals surface area contributed by atoms with Crippen molar-refractivity contribution in [3.8, 4) is 5.75 Å². The van der Waals surface area contributed by atoms with Crippen LogP contribution in [0.15, 0.2) is 36.4 Å². The van der Waals surface area contributed by atoms with Crippen LogP contribution in [-0.4, -0.2) is 43.0 Å². The second kappa shape index (κ2) is 8.71. The molecule has 1 amide bonds. The highest BCUT2D eigenvalue weighted by Crippen LogP contribution is 2.29. The van der Waals surface area contributed by atoms with Gasteiger partial charge >= 0.3 is 0 Å². The smallest absolute Gasteiger partial charge is 0.242 e. The molecule has 0 aliphatic carbocycles. The normalized spacial score (nSPS) is 11.2. The number of methoxy groups -OCH3 is 1. The van der Waals surface area contributed by atoms with Crippen molar-refractivity contribution in [2.75, 3.05) is 32.1 Å². The van der Waals surface area contributed by atoms with E-state index in [1.165, 1.54) is 5.56 Å². The average Bonchev–Trinajstić information content (AvgIpc) is 3.05. The van der Waals surface area contributed by atoms with Gasteiger partial charge in [-0.15, -0.1) is 0 Å². The van der Waals surface area contributed by atoms with E-state index in [-0.39, 0.29) is 5.91 Å². The molecule has 0 spiro atoms. The Labute approximate surface area is 170 Å². The zero-order chi connectivity index (χ0) is 20.3. The van der Waals surface area contributed by atoms with Crippen molar-refractivity contribution in [2.45, 2.75) is 27.3 Å². The summed E-state index contributed by atoms with van der Waals surface area (Å²) in [6.07, 6.45) is 0. The van der Waals surface area contributed by atoms with E-state index in [9.17, 15) is 4.79 Å². The lowest BCUT2D eigenvalue weighted by Gasteiger charge is -2.23. The molecule has 0 fully saturated rings. The summed E-state index contributed by atoms with van der Waals surface area (Å²) in [7, 11) is 3.67. The van der Waals surface area contributed by atoms with Gasteiger partial charge in [-0.1, -0.05) is 35.6 Å².